The third kappa shape index (κ3) is 3.21. The van der Waals surface area contributed by atoms with Crippen LogP contribution in [0.3, 0.4) is 0 Å². The molecule has 4 nitrogen and oxygen atoms in total. The van der Waals surface area contributed by atoms with Crippen molar-refractivity contribution in [1.29, 1.82) is 5.26 Å². The molecular weight excluding hydrogens is 296 g/mol. The quantitative estimate of drug-likeness (QED) is 0.885. The van der Waals surface area contributed by atoms with Gasteiger partial charge >= 0.3 is 6.18 Å². The van der Waals surface area contributed by atoms with Crippen molar-refractivity contribution in [2.75, 3.05) is 5.32 Å². The van der Waals surface area contributed by atoms with E-state index >= 15 is 0 Å². The maximum atomic E-state index is 13.4. The summed E-state index contributed by atoms with van der Waals surface area (Å²) in [5, 5.41) is 16.4. The number of hydrogen-bond donors (Lipinski definition) is 1. The lowest BCUT2D eigenvalue weighted by Gasteiger charge is -2.04. The number of nitriles is 1. The van der Waals surface area contributed by atoms with Crippen LogP contribution in [0.25, 0.3) is 0 Å². The fourth-order valence-electron chi connectivity index (χ4n) is 1.36. The highest BCUT2D eigenvalue weighted by atomic mass is 32.1. The minimum Gasteiger partial charge on any atom is -0.356 e. The molecule has 104 valence electrons. The minimum absolute atomic E-state index is 0.0703. The van der Waals surface area contributed by atoms with E-state index in [-0.39, 0.29) is 22.8 Å². The van der Waals surface area contributed by atoms with Gasteiger partial charge in [-0.3, -0.25) is 0 Å². The van der Waals surface area contributed by atoms with E-state index in [4.69, 9.17) is 5.26 Å². The molecule has 9 heteroatoms. The summed E-state index contributed by atoms with van der Waals surface area (Å²) >= 11 is 0.329. The molecule has 0 radical (unpaired) electrons. The Labute approximate surface area is 114 Å². The summed E-state index contributed by atoms with van der Waals surface area (Å²) in [6.07, 6.45) is -4.55. The normalized spacial score (nSPS) is 11.2. The van der Waals surface area contributed by atoms with Crippen molar-refractivity contribution in [2.45, 2.75) is 12.7 Å². The molecule has 0 saturated carbocycles. The number of rotatable bonds is 3. The summed E-state index contributed by atoms with van der Waals surface area (Å²) in [6.45, 7) is -0.0894. The van der Waals surface area contributed by atoms with Crippen LogP contribution in [0.5, 0.6) is 0 Å². The van der Waals surface area contributed by atoms with E-state index in [1.54, 1.807) is 0 Å². The molecule has 0 saturated heterocycles. The van der Waals surface area contributed by atoms with Crippen LogP contribution in [0.1, 0.15) is 16.1 Å². The number of halogens is 4. The van der Waals surface area contributed by atoms with Gasteiger partial charge in [-0.2, -0.15) is 18.4 Å². The van der Waals surface area contributed by atoms with Gasteiger partial charge in [-0.05, 0) is 18.2 Å². The molecule has 1 aromatic carbocycles. The maximum Gasteiger partial charge on any atom is 0.445 e. The van der Waals surface area contributed by atoms with Gasteiger partial charge in [0.05, 0.1) is 11.6 Å². The molecular formula is C11H6F4N4S. The Morgan fingerprint density at radius 2 is 2.05 bits per heavy atom. The third-order valence-corrected chi connectivity index (χ3v) is 3.20. The Kier molecular flexibility index (Phi) is 3.85. The van der Waals surface area contributed by atoms with E-state index in [1.807, 2.05) is 6.07 Å². The molecule has 0 aliphatic rings. The first-order valence-electron chi connectivity index (χ1n) is 5.23. The second-order valence-electron chi connectivity index (χ2n) is 3.68. The summed E-state index contributed by atoms with van der Waals surface area (Å²) in [6, 6.07) is 5.59. The van der Waals surface area contributed by atoms with E-state index in [0.29, 0.717) is 11.3 Å². The van der Waals surface area contributed by atoms with Gasteiger partial charge in [-0.25, -0.2) is 4.39 Å². The lowest BCUT2D eigenvalue weighted by Crippen LogP contribution is -2.03. The Morgan fingerprint density at radius 3 is 2.65 bits per heavy atom. The van der Waals surface area contributed by atoms with Crippen LogP contribution >= 0.6 is 11.3 Å². The average Bonchev–Trinajstić information content (AvgIpc) is 2.86. The zero-order chi connectivity index (χ0) is 14.8. The lowest BCUT2D eigenvalue weighted by molar-refractivity contribution is -0.138. The van der Waals surface area contributed by atoms with Gasteiger partial charge in [-0.1, -0.05) is 11.3 Å². The molecule has 1 N–H and O–H groups in total. The van der Waals surface area contributed by atoms with Crippen LogP contribution in [0, 0.1) is 17.1 Å². The Hall–Kier alpha value is -2.21. The number of nitrogens with zero attached hydrogens (tertiary/aromatic N) is 3. The van der Waals surface area contributed by atoms with Gasteiger partial charge in [0.2, 0.25) is 10.1 Å². The van der Waals surface area contributed by atoms with Gasteiger partial charge in [0.25, 0.3) is 0 Å². The summed E-state index contributed by atoms with van der Waals surface area (Å²) < 4.78 is 50.4. The molecule has 0 atom stereocenters. The predicted octanol–water partition coefficient (Wildman–Crippen LogP) is 3.18. The number of nitrogens with one attached hydrogen (secondary N) is 1. The SMILES string of the molecule is N#Cc1ccc(F)c(CNc2nnc(C(F)(F)F)s2)c1. The summed E-state index contributed by atoms with van der Waals surface area (Å²) in [5.41, 5.74) is 0.421. The first kappa shape index (κ1) is 14.2. The van der Waals surface area contributed by atoms with Crippen LogP contribution < -0.4 is 5.32 Å². The highest BCUT2D eigenvalue weighted by Crippen LogP contribution is 2.33. The number of alkyl halides is 3. The van der Waals surface area contributed by atoms with Gasteiger partial charge in [0.15, 0.2) is 0 Å². The smallest absolute Gasteiger partial charge is 0.356 e. The minimum atomic E-state index is -4.55. The second-order valence-corrected chi connectivity index (χ2v) is 4.66. The van der Waals surface area contributed by atoms with Crippen molar-refractivity contribution in [3.05, 3.63) is 40.2 Å². The van der Waals surface area contributed by atoms with Crippen LogP contribution in [0.4, 0.5) is 22.7 Å². The fraction of sp³-hybridized carbons (Fsp3) is 0.182. The number of benzene rings is 1. The van der Waals surface area contributed by atoms with Gasteiger partial charge < -0.3 is 5.32 Å². The Bertz CT molecular complexity index is 659. The summed E-state index contributed by atoms with van der Waals surface area (Å²) in [5.74, 6) is -0.558. The molecule has 0 aliphatic carbocycles. The molecule has 20 heavy (non-hydrogen) atoms. The van der Waals surface area contributed by atoms with Gasteiger partial charge in [0.1, 0.15) is 5.82 Å². The summed E-state index contributed by atoms with van der Waals surface area (Å²) in [4.78, 5) is 0. The van der Waals surface area contributed by atoms with Crippen LogP contribution in [-0.4, -0.2) is 10.2 Å². The number of anilines is 1. The molecule has 1 aromatic heterocycles. The molecule has 1 heterocycles. The van der Waals surface area contributed by atoms with E-state index in [2.05, 4.69) is 15.5 Å². The summed E-state index contributed by atoms with van der Waals surface area (Å²) in [7, 11) is 0. The van der Waals surface area contributed by atoms with E-state index in [0.717, 1.165) is 6.07 Å². The van der Waals surface area contributed by atoms with Crippen molar-refractivity contribution < 1.29 is 17.6 Å². The fourth-order valence-corrected chi connectivity index (χ4v) is 1.97. The maximum absolute atomic E-state index is 13.4. The highest BCUT2D eigenvalue weighted by Gasteiger charge is 2.35. The van der Waals surface area contributed by atoms with Gasteiger partial charge in [0, 0.05) is 12.1 Å². The standard InChI is InChI=1S/C11H6F4N4S/c12-8-2-1-6(4-16)3-7(8)5-17-10-19-18-9(20-10)11(13,14)15/h1-3H,5H2,(H,17,19). The topological polar surface area (TPSA) is 61.6 Å². The molecule has 0 amide bonds. The first-order chi connectivity index (χ1) is 9.40. The van der Waals surface area contributed by atoms with Crippen molar-refractivity contribution in [1.82, 2.24) is 10.2 Å². The van der Waals surface area contributed by atoms with E-state index < -0.39 is 17.0 Å². The molecule has 0 aliphatic heterocycles. The molecule has 0 unspecified atom stereocenters. The van der Waals surface area contributed by atoms with Crippen LogP contribution in [-0.2, 0) is 12.7 Å². The Balaban J connectivity index is 2.09. The van der Waals surface area contributed by atoms with E-state index in [9.17, 15) is 17.6 Å². The van der Waals surface area contributed by atoms with Crippen LogP contribution in [0.2, 0.25) is 0 Å². The monoisotopic (exact) mass is 302 g/mol. The van der Waals surface area contributed by atoms with Crippen LogP contribution in [0.15, 0.2) is 18.2 Å². The lowest BCUT2D eigenvalue weighted by atomic mass is 10.1. The van der Waals surface area contributed by atoms with E-state index in [1.165, 1.54) is 12.1 Å². The number of aromatic nitrogens is 2. The first-order valence-corrected chi connectivity index (χ1v) is 6.05. The third-order valence-electron chi connectivity index (χ3n) is 2.27. The largest absolute Gasteiger partial charge is 0.445 e. The molecule has 2 rings (SSSR count). The van der Waals surface area contributed by atoms with Crippen molar-refractivity contribution in [2.24, 2.45) is 0 Å². The molecule has 0 fully saturated rings. The van der Waals surface area contributed by atoms with Crippen molar-refractivity contribution in [3.8, 4) is 6.07 Å². The molecule has 0 spiro atoms. The number of hydrogen-bond acceptors (Lipinski definition) is 5. The molecule has 2 aromatic rings. The Morgan fingerprint density at radius 1 is 1.30 bits per heavy atom. The molecule has 0 bridgehead atoms. The average molecular weight is 302 g/mol. The second kappa shape index (κ2) is 5.42. The highest BCUT2D eigenvalue weighted by molar-refractivity contribution is 7.15. The zero-order valence-corrected chi connectivity index (χ0v) is 10.5. The predicted molar refractivity (Wildman–Crippen MR) is 63.4 cm³/mol. The van der Waals surface area contributed by atoms with Crippen molar-refractivity contribution in [3.63, 3.8) is 0 Å². The zero-order valence-electron chi connectivity index (χ0n) is 9.70. The van der Waals surface area contributed by atoms with Gasteiger partial charge in [-0.15, -0.1) is 10.2 Å². The van der Waals surface area contributed by atoms with Crippen molar-refractivity contribution >= 4 is 16.5 Å².